The number of carboxylic acids is 1. The zero-order chi connectivity index (χ0) is 20.7. The molecule has 5 nitrogen and oxygen atoms in total. The fourth-order valence-electron chi connectivity index (χ4n) is 4.31. The Morgan fingerprint density at radius 1 is 1.34 bits per heavy atom. The Hall–Kier alpha value is -2.41. The number of aromatic nitrogens is 1. The van der Waals surface area contributed by atoms with Gasteiger partial charge in [-0.25, -0.2) is 9.18 Å². The van der Waals surface area contributed by atoms with Crippen LogP contribution in [-0.2, 0) is 6.61 Å². The molecule has 0 aliphatic carbocycles. The number of hydrogen-bond donors (Lipinski definition) is 1. The van der Waals surface area contributed by atoms with Gasteiger partial charge >= 0.3 is 5.97 Å². The van der Waals surface area contributed by atoms with Crippen LogP contribution in [0.5, 0.6) is 5.75 Å². The van der Waals surface area contributed by atoms with E-state index in [1.54, 1.807) is 9.78 Å². The van der Waals surface area contributed by atoms with E-state index in [4.69, 9.17) is 4.74 Å². The standard InChI is InChI=1S/C22H24FNO4S/c1-3-4-5-6-7-8-12(2)16-14(23)9-15-19-17(16)20(25)18(22(26)27)21-24(19)13(10-28-15)11-29-21/h9,11-12H,3-8,10H2,1-2H3,(H,26,27). The van der Waals surface area contributed by atoms with Crippen molar-refractivity contribution >= 4 is 33.0 Å². The van der Waals surface area contributed by atoms with Crippen LogP contribution in [0.15, 0.2) is 16.2 Å². The molecule has 3 aromatic rings. The fourth-order valence-corrected chi connectivity index (χ4v) is 5.34. The van der Waals surface area contributed by atoms with Crippen molar-refractivity contribution in [2.45, 2.75) is 64.9 Å². The third-order valence-corrected chi connectivity index (χ3v) is 6.77. The predicted octanol–water partition coefficient (Wildman–Crippen LogP) is 5.71. The summed E-state index contributed by atoms with van der Waals surface area (Å²) in [5.41, 5.74) is 0.661. The van der Waals surface area contributed by atoms with Crippen molar-refractivity contribution in [3.8, 4) is 5.75 Å². The van der Waals surface area contributed by atoms with Crippen molar-refractivity contribution < 1.29 is 19.0 Å². The van der Waals surface area contributed by atoms with Crippen LogP contribution in [0, 0.1) is 5.82 Å². The van der Waals surface area contributed by atoms with Gasteiger partial charge in [-0.3, -0.25) is 9.20 Å². The molecule has 1 aliphatic rings. The number of rotatable bonds is 8. The number of aromatic carboxylic acids is 1. The second-order valence-electron chi connectivity index (χ2n) is 7.76. The maximum atomic E-state index is 15.1. The molecule has 3 heterocycles. The Labute approximate surface area is 171 Å². The van der Waals surface area contributed by atoms with E-state index in [-0.39, 0.29) is 23.5 Å². The van der Waals surface area contributed by atoms with Crippen molar-refractivity contribution in [1.29, 1.82) is 0 Å². The zero-order valence-electron chi connectivity index (χ0n) is 16.6. The van der Waals surface area contributed by atoms with Gasteiger partial charge in [-0.15, -0.1) is 11.3 Å². The summed E-state index contributed by atoms with van der Waals surface area (Å²) in [6.45, 7) is 4.29. The second-order valence-corrected chi connectivity index (χ2v) is 8.62. The largest absolute Gasteiger partial charge is 0.485 e. The number of carboxylic acid groups (broad SMARTS) is 1. The number of thiazole rings is 1. The van der Waals surface area contributed by atoms with E-state index >= 15 is 4.39 Å². The molecule has 0 amide bonds. The normalized spacial score (nSPS) is 13.9. The lowest BCUT2D eigenvalue weighted by Crippen LogP contribution is -2.22. The average Bonchev–Trinajstić information content (AvgIpc) is 3.10. The maximum Gasteiger partial charge on any atom is 0.342 e. The molecule has 1 aliphatic heterocycles. The molecule has 1 unspecified atom stereocenters. The highest BCUT2D eigenvalue weighted by Crippen LogP contribution is 2.40. The molecule has 1 aromatic carbocycles. The summed E-state index contributed by atoms with van der Waals surface area (Å²) in [5, 5.41) is 11.7. The van der Waals surface area contributed by atoms with Gasteiger partial charge in [0.1, 0.15) is 34.1 Å². The van der Waals surface area contributed by atoms with E-state index in [0.717, 1.165) is 37.8 Å². The fraction of sp³-hybridized carbons (Fsp3) is 0.455. The number of pyridine rings is 1. The maximum absolute atomic E-state index is 15.1. The van der Waals surface area contributed by atoms with Crippen molar-refractivity contribution in [1.82, 2.24) is 4.40 Å². The number of ether oxygens (including phenoxy) is 1. The van der Waals surface area contributed by atoms with E-state index in [9.17, 15) is 14.7 Å². The first-order valence-electron chi connectivity index (χ1n) is 10.1. The third kappa shape index (κ3) is 3.21. The molecule has 1 atom stereocenters. The lowest BCUT2D eigenvalue weighted by molar-refractivity contribution is 0.0697. The van der Waals surface area contributed by atoms with Crippen LogP contribution in [0.25, 0.3) is 15.7 Å². The smallest absolute Gasteiger partial charge is 0.342 e. The van der Waals surface area contributed by atoms with Gasteiger partial charge in [0, 0.05) is 17.0 Å². The van der Waals surface area contributed by atoms with Gasteiger partial charge in [0.25, 0.3) is 0 Å². The molecular formula is C22H24FNO4S. The number of nitrogens with zero attached hydrogens (tertiary/aromatic N) is 1. The molecule has 0 bridgehead atoms. The summed E-state index contributed by atoms with van der Waals surface area (Å²) < 4.78 is 22.6. The Morgan fingerprint density at radius 3 is 2.83 bits per heavy atom. The van der Waals surface area contributed by atoms with E-state index in [0.29, 0.717) is 21.7 Å². The summed E-state index contributed by atoms with van der Waals surface area (Å²) in [5.74, 6) is -1.68. The minimum Gasteiger partial charge on any atom is -0.485 e. The van der Waals surface area contributed by atoms with E-state index in [2.05, 4.69) is 6.92 Å². The van der Waals surface area contributed by atoms with Crippen LogP contribution in [0.1, 0.15) is 79.9 Å². The van der Waals surface area contributed by atoms with Crippen molar-refractivity contribution in [2.24, 2.45) is 0 Å². The van der Waals surface area contributed by atoms with E-state index in [1.165, 1.54) is 23.8 Å². The summed E-state index contributed by atoms with van der Waals surface area (Å²) in [7, 11) is 0. The Balaban J connectivity index is 1.91. The second kappa shape index (κ2) is 7.78. The topological polar surface area (TPSA) is 68.0 Å². The van der Waals surface area contributed by atoms with Gasteiger partial charge in [0.05, 0.1) is 11.1 Å². The van der Waals surface area contributed by atoms with Crippen LogP contribution >= 0.6 is 11.3 Å². The highest BCUT2D eigenvalue weighted by Gasteiger charge is 2.30. The molecule has 2 aromatic heterocycles. The first-order chi connectivity index (χ1) is 14.0. The van der Waals surface area contributed by atoms with Crippen LogP contribution in [-0.4, -0.2) is 15.5 Å². The Morgan fingerprint density at radius 2 is 2.10 bits per heavy atom. The lowest BCUT2D eigenvalue weighted by Gasteiger charge is -2.22. The predicted molar refractivity (Wildman–Crippen MR) is 112 cm³/mol. The number of halogens is 1. The van der Waals surface area contributed by atoms with E-state index in [1.807, 2.05) is 6.92 Å². The van der Waals surface area contributed by atoms with Gasteiger partial charge in [-0.2, -0.15) is 0 Å². The minimum absolute atomic E-state index is 0.148. The monoisotopic (exact) mass is 417 g/mol. The Kier molecular flexibility index (Phi) is 5.34. The van der Waals surface area contributed by atoms with Crippen molar-refractivity contribution in [3.63, 3.8) is 0 Å². The van der Waals surface area contributed by atoms with Crippen LogP contribution < -0.4 is 10.2 Å². The van der Waals surface area contributed by atoms with Crippen LogP contribution in [0.4, 0.5) is 4.39 Å². The third-order valence-electron chi connectivity index (χ3n) is 5.77. The SMILES string of the molecule is CCCCCCCC(C)c1c(F)cc2c3c1c(=O)c(C(=O)O)c1scc(n13)CO2. The minimum atomic E-state index is -1.28. The first kappa shape index (κ1) is 19.9. The van der Waals surface area contributed by atoms with Gasteiger partial charge in [-0.05, 0) is 12.3 Å². The lowest BCUT2D eigenvalue weighted by atomic mass is 9.90. The quantitative estimate of drug-likeness (QED) is 0.477. The van der Waals surface area contributed by atoms with Crippen LogP contribution in [0.2, 0.25) is 0 Å². The number of hydrogen-bond acceptors (Lipinski definition) is 4. The summed E-state index contributed by atoms with van der Waals surface area (Å²) in [4.78, 5) is 25.5. The molecule has 0 spiro atoms. The molecule has 4 rings (SSSR count). The Bertz CT molecular complexity index is 1160. The molecule has 29 heavy (non-hydrogen) atoms. The van der Waals surface area contributed by atoms with Crippen LogP contribution in [0.3, 0.4) is 0 Å². The molecule has 0 radical (unpaired) electrons. The van der Waals surface area contributed by atoms with Crippen molar-refractivity contribution in [3.05, 3.63) is 44.3 Å². The summed E-state index contributed by atoms with van der Waals surface area (Å²) >= 11 is 1.20. The summed E-state index contributed by atoms with van der Waals surface area (Å²) in [6, 6.07) is 1.35. The van der Waals surface area contributed by atoms with E-state index < -0.39 is 17.2 Å². The van der Waals surface area contributed by atoms with Gasteiger partial charge in [-0.1, -0.05) is 46.0 Å². The number of carbonyl (C=O) groups is 1. The molecular weight excluding hydrogens is 393 g/mol. The highest BCUT2D eigenvalue weighted by atomic mass is 32.1. The number of unbranched alkanes of at least 4 members (excludes halogenated alkanes) is 4. The first-order valence-corrected chi connectivity index (χ1v) is 11.0. The van der Waals surface area contributed by atoms with Gasteiger partial charge in [0.15, 0.2) is 0 Å². The van der Waals surface area contributed by atoms with Gasteiger partial charge in [0.2, 0.25) is 5.43 Å². The van der Waals surface area contributed by atoms with Crippen molar-refractivity contribution in [2.75, 3.05) is 0 Å². The number of benzene rings is 1. The molecule has 1 N–H and O–H groups in total. The summed E-state index contributed by atoms with van der Waals surface area (Å²) in [6.07, 6.45) is 6.24. The molecule has 0 saturated carbocycles. The molecule has 154 valence electrons. The molecule has 0 fully saturated rings. The average molecular weight is 418 g/mol. The highest BCUT2D eigenvalue weighted by molar-refractivity contribution is 7.16. The zero-order valence-corrected chi connectivity index (χ0v) is 17.4. The molecule has 7 heteroatoms. The molecule has 0 saturated heterocycles. The van der Waals surface area contributed by atoms with Gasteiger partial charge < -0.3 is 9.84 Å².